The molecule has 0 aromatic heterocycles. The van der Waals surface area contributed by atoms with Gasteiger partial charge in [-0.05, 0) is 43.5 Å². The number of carbonyl (C=O) groups is 3. The maximum Gasteiger partial charge on any atom is 0.534 e. The quantitative estimate of drug-likeness (QED) is 0.143. The molecule has 2 aromatic rings. The van der Waals surface area contributed by atoms with Gasteiger partial charge in [0.05, 0.1) is 0 Å². The summed E-state index contributed by atoms with van der Waals surface area (Å²) in [5, 5.41) is 1.69. The molecule has 230 valence electrons. The Bertz CT molecular complexity index is 1500. The summed E-state index contributed by atoms with van der Waals surface area (Å²) >= 11 is 1.08. The molecule has 0 unspecified atom stereocenters. The molecular formula is C28H27F3N2O8S2. The molecule has 43 heavy (non-hydrogen) atoms. The van der Waals surface area contributed by atoms with Crippen LogP contribution in [0.5, 0.6) is 0 Å². The maximum absolute atomic E-state index is 13.8. The van der Waals surface area contributed by atoms with E-state index in [-0.39, 0.29) is 23.3 Å². The first-order chi connectivity index (χ1) is 20.1. The van der Waals surface area contributed by atoms with Crippen molar-refractivity contribution < 1.29 is 49.6 Å². The highest BCUT2D eigenvalue weighted by molar-refractivity contribution is 8.00. The lowest BCUT2D eigenvalue weighted by Crippen LogP contribution is -2.70. The van der Waals surface area contributed by atoms with Crippen molar-refractivity contribution >= 4 is 39.8 Å². The second kappa shape index (κ2) is 12.3. The normalized spacial score (nSPS) is 19.1. The zero-order valence-corrected chi connectivity index (χ0v) is 24.7. The van der Waals surface area contributed by atoms with Crippen molar-refractivity contribution in [3.63, 3.8) is 0 Å². The summed E-state index contributed by atoms with van der Waals surface area (Å²) < 4.78 is 76.1. The molecule has 15 heteroatoms. The molecule has 0 aliphatic carbocycles. The first-order valence-electron chi connectivity index (χ1n) is 12.7. The molecule has 2 aliphatic heterocycles. The number of fused-ring (bicyclic) bond motifs is 1. The van der Waals surface area contributed by atoms with Gasteiger partial charge in [-0.1, -0.05) is 60.7 Å². The minimum Gasteiger partial charge on any atom is -0.448 e. The van der Waals surface area contributed by atoms with E-state index < -0.39 is 56.7 Å². The molecule has 2 aliphatic rings. The monoisotopic (exact) mass is 640 g/mol. The van der Waals surface area contributed by atoms with Crippen molar-refractivity contribution in [3.8, 4) is 0 Å². The van der Waals surface area contributed by atoms with Gasteiger partial charge in [0, 0.05) is 5.75 Å². The van der Waals surface area contributed by atoms with E-state index in [0.717, 1.165) is 22.7 Å². The Hall–Kier alpha value is -3.98. The molecule has 1 N–H and O–H groups in total. The van der Waals surface area contributed by atoms with E-state index in [2.05, 4.69) is 9.50 Å². The number of amides is 2. The Morgan fingerprint density at radius 2 is 1.58 bits per heavy atom. The van der Waals surface area contributed by atoms with Gasteiger partial charge >= 0.3 is 27.7 Å². The van der Waals surface area contributed by atoms with Gasteiger partial charge in [0.1, 0.15) is 29.0 Å². The maximum atomic E-state index is 13.8. The van der Waals surface area contributed by atoms with Crippen LogP contribution >= 0.6 is 11.8 Å². The van der Waals surface area contributed by atoms with Crippen molar-refractivity contribution in [2.45, 2.75) is 49.4 Å². The molecule has 1 fully saturated rings. The molecule has 1 saturated heterocycles. The Morgan fingerprint density at radius 3 is 2.09 bits per heavy atom. The van der Waals surface area contributed by atoms with Gasteiger partial charge in [0.25, 0.3) is 5.91 Å². The van der Waals surface area contributed by atoms with Crippen LogP contribution in [0.3, 0.4) is 0 Å². The number of halogens is 3. The number of alkyl carbamates (subject to hydrolysis) is 1. The summed E-state index contributed by atoms with van der Waals surface area (Å²) in [6.07, 6.45) is -0.664. The van der Waals surface area contributed by atoms with Crippen LogP contribution in [0, 0.1) is 0 Å². The average Bonchev–Trinajstić information content (AvgIpc) is 2.93. The van der Waals surface area contributed by atoms with E-state index >= 15 is 0 Å². The number of nitrogens with one attached hydrogen (secondary N) is 1. The van der Waals surface area contributed by atoms with Crippen molar-refractivity contribution in [3.05, 3.63) is 95.4 Å². The van der Waals surface area contributed by atoms with Crippen molar-refractivity contribution in [2.24, 2.45) is 0 Å². The first kappa shape index (κ1) is 31.9. The van der Waals surface area contributed by atoms with Crippen molar-refractivity contribution in [1.29, 1.82) is 0 Å². The number of benzene rings is 2. The van der Waals surface area contributed by atoms with Crippen LogP contribution in [0.4, 0.5) is 18.0 Å². The topological polar surface area (TPSA) is 128 Å². The first-order valence-corrected chi connectivity index (χ1v) is 15.2. The van der Waals surface area contributed by atoms with Crippen LogP contribution < -0.4 is 5.32 Å². The zero-order valence-electron chi connectivity index (χ0n) is 23.0. The molecular weight excluding hydrogens is 613 g/mol. The number of carbonyl (C=O) groups excluding carboxylic acids is 3. The summed E-state index contributed by atoms with van der Waals surface area (Å²) in [6, 6.07) is 16.3. The van der Waals surface area contributed by atoms with Crippen LogP contribution in [0.15, 0.2) is 84.3 Å². The highest BCUT2D eigenvalue weighted by Crippen LogP contribution is 2.42. The van der Waals surface area contributed by atoms with E-state index in [0.29, 0.717) is 11.1 Å². The number of thioether (sulfide) groups is 1. The van der Waals surface area contributed by atoms with Crippen molar-refractivity contribution in [2.75, 3.05) is 5.75 Å². The summed E-state index contributed by atoms with van der Waals surface area (Å²) in [5.74, 6) is -1.79. The predicted octanol–water partition coefficient (Wildman–Crippen LogP) is 4.76. The average molecular weight is 641 g/mol. The Kier molecular flexibility index (Phi) is 9.16. The number of rotatable bonds is 8. The zero-order chi connectivity index (χ0) is 31.6. The predicted molar refractivity (Wildman–Crippen MR) is 149 cm³/mol. The van der Waals surface area contributed by atoms with Crippen LogP contribution in [-0.4, -0.2) is 59.6 Å². The molecule has 10 nitrogen and oxygen atoms in total. The van der Waals surface area contributed by atoms with E-state index in [1.54, 1.807) is 81.4 Å². The third-order valence-electron chi connectivity index (χ3n) is 6.03. The highest BCUT2D eigenvalue weighted by Gasteiger charge is 2.55. The molecule has 0 bridgehead atoms. The Morgan fingerprint density at radius 1 is 1.02 bits per heavy atom. The number of hydrogen-bond donors (Lipinski definition) is 1. The second-order valence-electron chi connectivity index (χ2n) is 10.3. The lowest BCUT2D eigenvalue weighted by Gasteiger charge is -2.49. The minimum absolute atomic E-state index is 0.0347. The fourth-order valence-corrected chi connectivity index (χ4v) is 5.81. The minimum atomic E-state index is -5.96. The summed E-state index contributed by atoms with van der Waals surface area (Å²) in [5.41, 5.74) is -5.69. The fourth-order valence-electron chi connectivity index (χ4n) is 4.18. The van der Waals surface area contributed by atoms with Gasteiger partial charge in [0.15, 0.2) is 6.10 Å². The van der Waals surface area contributed by atoms with Crippen LogP contribution in [0.25, 0.3) is 0 Å². The largest absolute Gasteiger partial charge is 0.534 e. The van der Waals surface area contributed by atoms with Gasteiger partial charge in [-0.25, -0.2) is 9.59 Å². The number of allylic oxidation sites excluding steroid dienone is 1. The van der Waals surface area contributed by atoms with Crippen LogP contribution in [0.2, 0.25) is 0 Å². The smallest absolute Gasteiger partial charge is 0.448 e. The molecule has 4 rings (SSSR count). The van der Waals surface area contributed by atoms with Gasteiger partial charge in [0.2, 0.25) is 0 Å². The molecule has 2 aromatic carbocycles. The number of nitrogens with zero attached hydrogens (tertiary/aromatic N) is 1. The lowest BCUT2D eigenvalue weighted by molar-refractivity contribution is -0.153. The number of ether oxygens (including phenoxy) is 2. The standard InChI is InChI=1S/C28H27F3N2O8S2/c1-27(2,3)41-26(36)32-20-23(34)33-21(19(16-42-24(20)33)14-15-39-43(37,38)28(29,30)31)25(35)40-22(17-10-6-4-7-11-17)18-12-8-5-9-13-18/h4-15,20,22,24H,16H2,1-3H3,(H,32,36)/t20-,24+/m1/s1. The molecule has 0 spiro atoms. The van der Waals surface area contributed by atoms with Crippen LogP contribution in [0.1, 0.15) is 38.0 Å². The summed E-state index contributed by atoms with van der Waals surface area (Å²) in [6.45, 7) is 4.93. The van der Waals surface area contributed by atoms with E-state index in [4.69, 9.17) is 9.47 Å². The number of β-lactam (4-membered cyclic amide) rings is 1. The second-order valence-corrected chi connectivity index (χ2v) is 13.0. The summed E-state index contributed by atoms with van der Waals surface area (Å²) in [4.78, 5) is 40.4. The number of esters is 1. The molecule has 2 heterocycles. The van der Waals surface area contributed by atoms with Gasteiger partial charge in [-0.15, -0.1) is 11.8 Å². The third-order valence-corrected chi connectivity index (χ3v) is 8.26. The van der Waals surface area contributed by atoms with E-state index in [9.17, 15) is 36.0 Å². The van der Waals surface area contributed by atoms with Crippen LogP contribution in [-0.2, 0) is 33.4 Å². The molecule has 0 saturated carbocycles. The van der Waals surface area contributed by atoms with Crippen molar-refractivity contribution in [1.82, 2.24) is 10.2 Å². The molecule has 0 radical (unpaired) electrons. The highest BCUT2D eigenvalue weighted by atomic mass is 32.2. The summed E-state index contributed by atoms with van der Waals surface area (Å²) in [7, 11) is -5.96. The Balaban J connectivity index is 1.68. The fraction of sp³-hybridized carbons (Fsp3) is 0.321. The third kappa shape index (κ3) is 7.33. The van der Waals surface area contributed by atoms with Gasteiger partial charge in [-0.3, -0.25) is 9.69 Å². The van der Waals surface area contributed by atoms with Gasteiger partial charge < -0.3 is 19.0 Å². The molecule has 2 amide bonds. The molecule has 2 atom stereocenters. The number of alkyl halides is 3. The SMILES string of the molecule is CC(C)(C)OC(=O)N[C@@H]1C(=O)N2C(C(=O)OC(c3ccccc3)c3ccccc3)=C(C=COS(=O)(=O)C(F)(F)F)CS[C@@H]12. The van der Waals surface area contributed by atoms with E-state index in [1.807, 2.05) is 0 Å². The Labute approximate surface area is 250 Å². The van der Waals surface area contributed by atoms with E-state index in [1.165, 1.54) is 0 Å². The lowest BCUT2D eigenvalue weighted by atomic mass is 10.0. The number of hydrogen-bond acceptors (Lipinski definition) is 9. The van der Waals surface area contributed by atoms with Gasteiger partial charge in [-0.2, -0.15) is 21.6 Å².